The number of rotatable bonds is 10. The third kappa shape index (κ3) is 7.67. The van der Waals surface area contributed by atoms with Gasteiger partial charge in [-0.2, -0.15) is 4.99 Å². The molecule has 0 radical (unpaired) electrons. The Morgan fingerprint density at radius 1 is 1.08 bits per heavy atom. The maximum absolute atomic E-state index is 13.2. The summed E-state index contributed by atoms with van der Waals surface area (Å²) >= 11 is 12.9. The van der Waals surface area contributed by atoms with Gasteiger partial charge in [0.05, 0.1) is 28.3 Å². The van der Waals surface area contributed by atoms with Crippen molar-refractivity contribution >= 4 is 69.5 Å². The van der Waals surface area contributed by atoms with Crippen LogP contribution in [0.3, 0.4) is 0 Å². The number of amidine groups is 1. The summed E-state index contributed by atoms with van der Waals surface area (Å²) < 4.78 is 4.63. The Hall–Kier alpha value is -3.18. The summed E-state index contributed by atoms with van der Waals surface area (Å²) in [5.74, 6) is -2.26. The SMILES string of the molecule is COC(=O)C=C1SC(=NC(=O)c2ccc(Cl)cc2Cl)N(c2ccc(C(=O)NCCCCCCN)cc2)C1=O. The summed E-state index contributed by atoms with van der Waals surface area (Å²) in [6, 6.07) is 10.6. The lowest BCUT2D eigenvalue weighted by Gasteiger charge is -2.16. The van der Waals surface area contributed by atoms with Crippen molar-refractivity contribution in [3.63, 3.8) is 0 Å². The fraction of sp³-hybridized carbons (Fsp3) is 0.269. The molecule has 0 bridgehead atoms. The van der Waals surface area contributed by atoms with Gasteiger partial charge >= 0.3 is 5.97 Å². The fourth-order valence-electron chi connectivity index (χ4n) is 3.44. The van der Waals surface area contributed by atoms with E-state index in [1.54, 1.807) is 24.3 Å². The lowest BCUT2D eigenvalue weighted by atomic mass is 10.1. The van der Waals surface area contributed by atoms with Gasteiger partial charge in [0.25, 0.3) is 17.7 Å². The van der Waals surface area contributed by atoms with E-state index in [1.165, 1.54) is 30.2 Å². The van der Waals surface area contributed by atoms with Crippen molar-refractivity contribution in [2.45, 2.75) is 25.7 Å². The van der Waals surface area contributed by atoms with Crippen LogP contribution in [0, 0.1) is 0 Å². The van der Waals surface area contributed by atoms with E-state index in [2.05, 4.69) is 15.0 Å². The highest BCUT2D eigenvalue weighted by atomic mass is 35.5. The number of ether oxygens (including phenoxy) is 1. The van der Waals surface area contributed by atoms with Gasteiger partial charge in [-0.25, -0.2) is 4.79 Å². The maximum Gasteiger partial charge on any atom is 0.331 e. The van der Waals surface area contributed by atoms with E-state index in [-0.39, 0.29) is 26.6 Å². The van der Waals surface area contributed by atoms with Crippen molar-refractivity contribution in [3.05, 3.63) is 74.6 Å². The lowest BCUT2D eigenvalue weighted by molar-refractivity contribution is -0.135. The number of nitrogens with two attached hydrogens (primary N) is 1. The van der Waals surface area contributed by atoms with Gasteiger partial charge in [-0.3, -0.25) is 19.3 Å². The van der Waals surface area contributed by atoms with Crippen molar-refractivity contribution in [2.24, 2.45) is 10.7 Å². The molecule has 0 aliphatic carbocycles. The van der Waals surface area contributed by atoms with Gasteiger partial charge in [-0.15, -0.1) is 0 Å². The normalized spacial score (nSPS) is 15.3. The molecule has 3 rings (SSSR count). The predicted molar refractivity (Wildman–Crippen MR) is 150 cm³/mol. The number of carbonyl (C=O) groups excluding carboxylic acids is 4. The molecule has 0 atom stereocenters. The highest BCUT2D eigenvalue weighted by Crippen LogP contribution is 2.35. The van der Waals surface area contributed by atoms with Gasteiger partial charge in [0.1, 0.15) is 0 Å². The van der Waals surface area contributed by atoms with Crippen molar-refractivity contribution in [1.29, 1.82) is 0 Å². The number of thioether (sulfide) groups is 1. The first-order valence-corrected chi connectivity index (χ1v) is 13.3. The third-order valence-electron chi connectivity index (χ3n) is 5.42. The van der Waals surface area contributed by atoms with Crippen LogP contribution in [0.2, 0.25) is 10.0 Å². The monoisotopic (exact) mass is 576 g/mol. The molecule has 1 aliphatic rings. The van der Waals surface area contributed by atoms with Crippen LogP contribution in [0.5, 0.6) is 0 Å². The van der Waals surface area contributed by atoms with Gasteiger partial charge in [0.15, 0.2) is 5.17 Å². The van der Waals surface area contributed by atoms with Crippen molar-refractivity contribution < 1.29 is 23.9 Å². The number of unbranched alkanes of at least 4 members (excludes halogenated alkanes) is 3. The van der Waals surface area contributed by atoms with Gasteiger partial charge in [0, 0.05) is 23.2 Å². The van der Waals surface area contributed by atoms with Crippen LogP contribution in [0.25, 0.3) is 0 Å². The zero-order valence-electron chi connectivity index (χ0n) is 20.5. The average Bonchev–Trinajstić information content (AvgIpc) is 3.19. The van der Waals surface area contributed by atoms with Crippen LogP contribution in [-0.4, -0.2) is 49.1 Å². The van der Waals surface area contributed by atoms with E-state index < -0.39 is 17.8 Å². The second-order valence-corrected chi connectivity index (χ2v) is 9.96. The molecule has 3 N–H and O–H groups in total. The number of aliphatic imine (C=N–C) groups is 1. The standard InChI is InChI=1S/C26H26Cl2N4O5S/c1-37-22(33)15-21-25(36)32(26(38-21)31-24(35)19-11-8-17(27)14-20(19)28)18-9-6-16(7-10-18)23(34)30-13-5-3-2-4-12-29/h6-11,14-15H,2-5,12-13,29H2,1H3,(H,30,34). The third-order valence-corrected chi connectivity index (χ3v) is 6.94. The minimum atomic E-state index is -0.732. The van der Waals surface area contributed by atoms with E-state index in [0.717, 1.165) is 43.5 Å². The van der Waals surface area contributed by atoms with Crippen LogP contribution < -0.4 is 16.0 Å². The summed E-state index contributed by atoms with van der Waals surface area (Å²) in [7, 11) is 1.19. The van der Waals surface area contributed by atoms with Gasteiger partial charge in [-0.05, 0) is 73.6 Å². The molecule has 1 fully saturated rings. The molecule has 12 heteroatoms. The number of carbonyl (C=O) groups is 4. The van der Waals surface area contributed by atoms with Crippen LogP contribution in [-0.2, 0) is 14.3 Å². The number of nitrogens with zero attached hydrogens (tertiary/aromatic N) is 2. The van der Waals surface area contributed by atoms with E-state index >= 15 is 0 Å². The Bertz CT molecular complexity index is 1280. The fourth-order valence-corrected chi connectivity index (χ4v) is 4.87. The van der Waals surface area contributed by atoms with E-state index in [1.807, 2.05) is 0 Å². The molecule has 2 aromatic rings. The van der Waals surface area contributed by atoms with Gasteiger partial charge < -0.3 is 15.8 Å². The molecule has 3 amide bonds. The number of benzene rings is 2. The van der Waals surface area contributed by atoms with Crippen LogP contribution in [0.15, 0.2) is 58.4 Å². The molecule has 2 aromatic carbocycles. The molecule has 38 heavy (non-hydrogen) atoms. The van der Waals surface area contributed by atoms with Crippen molar-refractivity contribution in [3.8, 4) is 0 Å². The zero-order chi connectivity index (χ0) is 27.7. The number of esters is 1. The summed E-state index contributed by atoms with van der Waals surface area (Å²) in [6.07, 6.45) is 4.84. The highest BCUT2D eigenvalue weighted by molar-refractivity contribution is 8.19. The minimum Gasteiger partial charge on any atom is -0.466 e. The highest BCUT2D eigenvalue weighted by Gasteiger charge is 2.36. The minimum absolute atomic E-state index is 0.0100. The Morgan fingerprint density at radius 2 is 1.79 bits per heavy atom. The van der Waals surface area contributed by atoms with Crippen LogP contribution in [0.4, 0.5) is 5.69 Å². The summed E-state index contributed by atoms with van der Waals surface area (Å²) in [4.78, 5) is 55.6. The largest absolute Gasteiger partial charge is 0.466 e. The van der Waals surface area contributed by atoms with Crippen LogP contribution in [0.1, 0.15) is 46.4 Å². The number of anilines is 1. The number of hydrogen-bond donors (Lipinski definition) is 2. The molecular weight excluding hydrogens is 551 g/mol. The molecule has 9 nitrogen and oxygen atoms in total. The molecule has 1 saturated heterocycles. The Morgan fingerprint density at radius 3 is 2.45 bits per heavy atom. The predicted octanol–water partition coefficient (Wildman–Crippen LogP) is 4.58. The van der Waals surface area contributed by atoms with Crippen LogP contribution >= 0.6 is 35.0 Å². The van der Waals surface area contributed by atoms with Gasteiger partial charge in [0.2, 0.25) is 0 Å². The Labute approximate surface area is 234 Å². The average molecular weight is 577 g/mol. The first-order valence-electron chi connectivity index (χ1n) is 11.7. The molecule has 0 saturated carbocycles. The molecule has 1 aliphatic heterocycles. The van der Waals surface area contributed by atoms with Gasteiger partial charge in [-0.1, -0.05) is 36.0 Å². The lowest BCUT2D eigenvalue weighted by Crippen LogP contribution is -2.30. The van der Waals surface area contributed by atoms with E-state index in [0.29, 0.717) is 29.4 Å². The number of amides is 3. The molecular formula is C26H26Cl2N4O5S. The van der Waals surface area contributed by atoms with E-state index in [9.17, 15) is 19.2 Å². The van der Waals surface area contributed by atoms with Crippen molar-refractivity contribution in [1.82, 2.24) is 5.32 Å². The zero-order valence-corrected chi connectivity index (χ0v) is 22.9. The number of methoxy groups -OCH3 is 1. The number of hydrogen-bond acceptors (Lipinski definition) is 7. The molecule has 0 aromatic heterocycles. The second kappa shape index (κ2) is 14.1. The molecule has 200 valence electrons. The summed E-state index contributed by atoms with van der Waals surface area (Å²) in [5.41, 5.74) is 6.34. The number of nitrogens with one attached hydrogen (secondary N) is 1. The molecule has 0 spiro atoms. The topological polar surface area (TPSA) is 131 Å². The first kappa shape index (κ1) is 29.4. The smallest absolute Gasteiger partial charge is 0.331 e. The van der Waals surface area contributed by atoms with E-state index in [4.69, 9.17) is 28.9 Å². The van der Waals surface area contributed by atoms with Crippen molar-refractivity contribution in [2.75, 3.05) is 25.1 Å². The Kier molecular flexibility index (Phi) is 10.9. The summed E-state index contributed by atoms with van der Waals surface area (Å²) in [6.45, 7) is 1.20. The second-order valence-electron chi connectivity index (χ2n) is 8.10. The number of halogens is 2. The summed E-state index contributed by atoms with van der Waals surface area (Å²) in [5, 5.41) is 3.33. The molecule has 1 heterocycles. The maximum atomic E-state index is 13.2. The molecule has 0 unspecified atom stereocenters. The quantitative estimate of drug-likeness (QED) is 0.240. The Balaban J connectivity index is 1.83. The first-order chi connectivity index (χ1) is 18.2.